The Labute approximate surface area is 176 Å². The van der Waals surface area contributed by atoms with Gasteiger partial charge in [-0.05, 0) is 58.3 Å². The van der Waals surface area contributed by atoms with E-state index in [9.17, 15) is 14.0 Å². The van der Waals surface area contributed by atoms with Gasteiger partial charge in [-0.2, -0.15) is 4.31 Å². The van der Waals surface area contributed by atoms with Crippen molar-refractivity contribution in [2.24, 2.45) is 11.8 Å². The summed E-state index contributed by atoms with van der Waals surface area (Å²) in [6, 6.07) is 0. The van der Waals surface area contributed by atoms with Gasteiger partial charge in [0.15, 0.2) is 0 Å². The molecule has 3 atom stereocenters. The molecule has 0 aromatic rings. The van der Waals surface area contributed by atoms with Crippen LogP contribution in [-0.4, -0.2) is 20.8 Å². The fourth-order valence-corrected chi connectivity index (χ4v) is 4.69. The van der Waals surface area contributed by atoms with E-state index in [1.54, 1.807) is 6.08 Å². The summed E-state index contributed by atoms with van der Waals surface area (Å²) in [4.78, 5) is 27.4. The lowest BCUT2D eigenvalue weighted by Crippen LogP contribution is -2.12. The average molecular weight is 454 g/mol. The van der Waals surface area contributed by atoms with E-state index < -0.39 is 21.7 Å². The lowest BCUT2D eigenvalue weighted by molar-refractivity contribution is 0.141. The second kappa shape index (κ2) is 13.9. The lowest BCUT2D eigenvalue weighted by Gasteiger charge is -2.21. The Hall–Kier alpha value is -0.260. The van der Waals surface area contributed by atoms with Crippen molar-refractivity contribution in [1.29, 1.82) is 0 Å². The van der Waals surface area contributed by atoms with Crippen LogP contribution in [-0.2, 0) is 18.0 Å². The second-order valence-corrected chi connectivity index (χ2v) is 11.3. The fraction of sp³-hybridized carbons (Fsp3) is 0.800. The Morgan fingerprint density at radius 3 is 2.10 bits per heavy atom. The van der Waals surface area contributed by atoms with Crippen LogP contribution < -0.4 is 0 Å². The van der Waals surface area contributed by atoms with Gasteiger partial charge >= 0.3 is 15.6 Å². The molecule has 0 radical (unpaired) electrons. The van der Waals surface area contributed by atoms with Gasteiger partial charge in [-0.3, -0.25) is 4.52 Å². The third-order valence-electron chi connectivity index (χ3n) is 4.46. The summed E-state index contributed by atoms with van der Waals surface area (Å²) in [6.07, 6.45) is 9.32. The van der Waals surface area contributed by atoms with E-state index in [1.165, 1.54) is 5.57 Å². The summed E-state index contributed by atoms with van der Waals surface area (Å²) in [5.74, 6) is 1.08. The van der Waals surface area contributed by atoms with Gasteiger partial charge in [0.2, 0.25) is 0 Å². The fourth-order valence-electron chi connectivity index (χ4n) is 2.95. The molecule has 0 spiro atoms. The van der Waals surface area contributed by atoms with Crippen LogP contribution in [0.15, 0.2) is 23.3 Å². The molecule has 9 heteroatoms. The molecule has 172 valence electrons. The summed E-state index contributed by atoms with van der Waals surface area (Å²) < 4.78 is 32.0. The molecule has 3 N–H and O–H groups in total. The molecule has 0 aromatic carbocycles. The van der Waals surface area contributed by atoms with E-state index in [1.807, 2.05) is 20.8 Å². The molecule has 0 aliphatic rings. The first-order chi connectivity index (χ1) is 13.2. The Balaban J connectivity index is 5.01. The molecule has 0 fully saturated rings. The number of hydrogen-bond acceptors (Lipinski definition) is 4. The predicted molar refractivity (Wildman–Crippen MR) is 117 cm³/mol. The number of hydrogen-bond donors (Lipinski definition) is 3. The minimum Gasteiger partial charge on any atom is -0.302 e. The molecular formula is C20H40O7P2. The van der Waals surface area contributed by atoms with Crippen molar-refractivity contribution in [2.75, 3.05) is 0 Å². The Bertz CT molecular complexity index is 618. The van der Waals surface area contributed by atoms with Gasteiger partial charge in [-0.25, -0.2) is 9.13 Å². The Kier molecular flexibility index (Phi) is 13.8. The van der Waals surface area contributed by atoms with Crippen LogP contribution in [0.5, 0.6) is 0 Å². The van der Waals surface area contributed by atoms with Crippen LogP contribution in [0, 0.1) is 11.8 Å². The highest BCUT2D eigenvalue weighted by Gasteiger charge is 2.34. The van der Waals surface area contributed by atoms with E-state index in [2.05, 4.69) is 31.2 Å². The zero-order valence-electron chi connectivity index (χ0n) is 18.7. The SMILES string of the molecule is CC(C)=CCCC(C)=CC(CCC(C)CCCC(C)C)OP(=O)(O)OP(=O)(O)O. The molecule has 0 saturated carbocycles. The van der Waals surface area contributed by atoms with E-state index in [0.29, 0.717) is 18.3 Å². The topological polar surface area (TPSA) is 113 Å². The zero-order chi connectivity index (χ0) is 22.7. The molecule has 3 unspecified atom stereocenters. The van der Waals surface area contributed by atoms with Crippen molar-refractivity contribution in [1.82, 2.24) is 0 Å². The highest BCUT2D eigenvalue weighted by molar-refractivity contribution is 7.60. The average Bonchev–Trinajstić information content (AvgIpc) is 2.49. The van der Waals surface area contributed by atoms with Crippen molar-refractivity contribution in [3.05, 3.63) is 23.3 Å². The van der Waals surface area contributed by atoms with Crippen molar-refractivity contribution in [3.8, 4) is 0 Å². The minimum atomic E-state index is -5.14. The quantitative estimate of drug-likeness (QED) is 0.191. The highest BCUT2D eigenvalue weighted by atomic mass is 31.3. The maximum absolute atomic E-state index is 12.0. The number of phosphoric acid groups is 2. The molecule has 0 heterocycles. The van der Waals surface area contributed by atoms with E-state index >= 15 is 0 Å². The molecule has 0 amide bonds. The number of allylic oxidation sites excluding steroid dienone is 3. The normalized spacial score (nSPS) is 17.1. The predicted octanol–water partition coefficient (Wildman–Crippen LogP) is 6.52. The largest absolute Gasteiger partial charge is 0.481 e. The van der Waals surface area contributed by atoms with Gasteiger partial charge < -0.3 is 14.7 Å². The monoisotopic (exact) mass is 454 g/mol. The van der Waals surface area contributed by atoms with Gasteiger partial charge in [-0.1, -0.05) is 63.3 Å². The summed E-state index contributed by atoms with van der Waals surface area (Å²) in [6.45, 7) is 12.5. The number of rotatable bonds is 15. The molecule has 0 saturated heterocycles. The van der Waals surface area contributed by atoms with Crippen molar-refractivity contribution >= 4 is 15.6 Å². The molecule has 0 rings (SSSR count). The van der Waals surface area contributed by atoms with Gasteiger partial charge in [0.25, 0.3) is 0 Å². The molecule has 0 aliphatic carbocycles. The van der Waals surface area contributed by atoms with Crippen LogP contribution in [0.4, 0.5) is 0 Å². The van der Waals surface area contributed by atoms with Crippen molar-refractivity contribution in [3.63, 3.8) is 0 Å². The van der Waals surface area contributed by atoms with E-state index in [4.69, 9.17) is 14.3 Å². The van der Waals surface area contributed by atoms with Crippen LogP contribution in [0.25, 0.3) is 0 Å². The molecule has 0 aliphatic heterocycles. The maximum Gasteiger partial charge on any atom is 0.481 e. The summed E-state index contributed by atoms with van der Waals surface area (Å²) >= 11 is 0. The summed E-state index contributed by atoms with van der Waals surface area (Å²) in [5, 5.41) is 0. The van der Waals surface area contributed by atoms with Gasteiger partial charge in [0, 0.05) is 0 Å². The molecule has 0 bridgehead atoms. The van der Waals surface area contributed by atoms with E-state index in [0.717, 1.165) is 44.1 Å². The van der Waals surface area contributed by atoms with E-state index in [-0.39, 0.29) is 0 Å². The minimum absolute atomic E-state index is 0.417. The third kappa shape index (κ3) is 18.2. The van der Waals surface area contributed by atoms with Crippen molar-refractivity contribution < 1.29 is 32.6 Å². The first kappa shape index (κ1) is 28.7. The number of phosphoric ester groups is 1. The van der Waals surface area contributed by atoms with Gasteiger partial charge in [0.05, 0.1) is 6.10 Å². The standard InChI is InChI=1S/C20H40O7P2/c1-16(2)9-7-11-18(5)13-14-20(15-19(6)12-8-10-17(3)4)26-29(24,25)27-28(21,22)23/h10,15-16,18,20H,7-9,11-14H2,1-6H3,(H,24,25)(H2,21,22,23). The summed E-state index contributed by atoms with van der Waals surface area (Å²) in [5.41, 5.74) is 2.20. The van der Waals surface area contributed by atoms with Gasteiger partial charge in [-0.15, -0.1) is 0 Å². The Morgan fingerprint density at radius 2 is 1.59 bits per heavy atom. The smallest absolute Gasteiger partial charge is 0.302 e. The zero-order valence-corrected chi connectivity index (χ0v) is 20.5. The molecule has 7 nitrogen and oxygen atoms in total. The van der Waals surface area contributed by atoms with Crippen molar-refractivity contribution in [2.45, 2.75) is 92.6 Å². The first-order valence-corrected chi connectivity index (χ1v) is 13.3. The molecule has 0 aromatic heterocycles. The maximum atomic E-state index is 12.0. The highest BCUT2D eigenvalue weighted by Crippen LogP contribution is 2.58. The van der Waals surface area contributed by atoms with Gasteiger partial charge in [0.1, 0.15) is 0 Å². The molecular weight excluding hydrogens is 414 g/mol. The van der Waals surface area contributed by atoms with Crippen LogP contribution >= 0.6 is 15.6 Å². The summed E-state index contributed by atoms with van der Waals surface area (Å²) in [7, 11) is -10.0. The molecule has 29 heavy (non-hydrogen) atoms. The second-order valence-electron chi connectivity index (χ2n) is 8.53. The van der Waals surface area contributed by atoms with Crippen LogP contribution in [0.2, 0.25) is 0 Å². The lowest BCUT2D eigenvalue weighted by atomic mass is 9.94. The first-order valence-electron chi connectivity index (χ1n) is 10.3. The van der Waals surface area contributed by atoms with Crippen LogP contribution in [0.3, 0.4) is 0 Å². The van der Waals surface area contributed by atoms with Crippen LogP contribution in [0.1, 0.15) is 86.5 Å². The Morgan fingerprint density at radius 1 is 0.966 bits per heavy atom. The third-order valence-corrected chi connectivity index (χ3v) is 6.68.